The van der Waals surface area contributed by atoms with E-state index in [1.807, 2.05) is 37.4 Å². The van der Waals surface area contributed by atoms with E-state index in [1.165, 1.54) is 0 Å². The number of aliphatic carboxylic acids is 1. The Hall–Kier alpha value is -1.69. The number of benzene rings is 1. The van der Waals surface area contributed by atoms with Crippen LogP contribution in [0.25, 0.3) is 0 Å². The summed E-state index contributed by atoms with van der Waals surface area (Å²) in [5.41, 5.74) is 1.45. The van der Waals surface area contributed by atoms with Crippen LogP contribution in [0.5, 0.6) is 0 Å². The number of rotatable bonds is 7. The molecule has 0 heterocycles. The predicted molar refractivity (Wildman–Crippen MR) is 82.7 cm³/mol. The molecule has 0 spiro atoms. The molecule has 0 unspecified atom stereocenters. The van der Waals surface area contributed by atoms with Gasteiger partial charge in [-0.05, 0) is 42.7 Å². The van der Waals surface area contributed by atoms with Crippen LogP contribution in [0.1, 0.15) is 16.8 Å². The number of thioether (sulfide) groups is 1. The summed E-state index contributed by atoms with van der Waals surface area (Å²) in [6, 6.07) is 6.19. The van der Waals surface area contributed by atoms with Crippen LogP contribution in [0.3, 0.4) is 0 Å². The molecular weight excluding hydrogens is 276 g/mol. The van der Waals surface area contributed by atoms with Gasteiger partial charge in [0.2, 0.25) is 0 Å². The van der Waals surface area contributed by atoms with Gasteiger partial charge in [0.15, 0.2) is 0 Å². The zero-order chi connectivity index (χ0) is 15.1. The Morgan fingerprint density at radius 3 is 2.35 bits per heavy atom. The van der Waals surface area contributed by atoms with Crippen LogP contribution in [0.15, 0.2) is 24.3 Å². The highest BCUT2D eigenvalue weighted by Crippen LogP contribution is 2.12. The fraction of sp³-hybridized carbons (Fsp3) is 0.429. The third-order valence-electron chi connectivity index (χ3n) is 2.86. The molecule has 0 radical (unpaired) electrons. The van der Waals surface area contributed by atoms with Crippen molar-refractivity contribution in [3.05, 3.63) is 29.8 Å². The second kappa shape index (κ2) is 7.79. The van der Waals surface area contributed by atoms with Crippen molar-refractivity contribution in [2.75, 3.05) is 31.0 Å². The monoisotopic (exact) mass is 296 g/mol. The Morgan fingerprint density at radius 1 is 1.30 bits per heavy atom. The topological polar surface area (TPSA) is 69.6 Å². The maximum Gasteiger partial charge on any atom is 0.326 e. The minimum atomic E-state index is -1.00. The molecule has 1 rings (SSSR count). The first-order chi connectivity index (χ1) is 9.45. The fourth-order valence-corrected chi connectivity index (χ4v) is 2.12. The summed E-state index contributed by atoms with van der Waals surface area (Å²) in [4.78, 5) is 25.0. The first-order valence-electron chi connectivity index (χ1n) is 6.25. The van der Waals surface area contributed by atoms with Crippen LogP contribution in [0, 0.1) is 0 Å². The molecule has 6 heteroatoms. The molecule has 0 saturated carbocycles. The zero-order valence-electron chi connectivity index (χ0n) is 11.9. The number of carbonyl (C=O) groups excluding carboxylic acids is 1. The van der Waals surface area contributed by atoms with Crippen LogP contribution in [-0.4, -0.2) is 49.1 Å². The zero-order valence-corrected chi connectivity index (χ0v) is 12.7. The summed E-state index contributed by atoms with van der Waals surface area (Å²) in [5, 5.41) is 11.6. The van der Waals surface area contributed by atoms with Crippen LogP contribution in [-0.2, 0) is 4.79 Å². The number of hydrogen-bond donors (Lipinski definition) is 2. The van der Waals surface area contributed by atoms with Gasteiger partial charge in [-0.25, -0.2) is 4.79 Å². The van der Waals surface area contributed by atoms with Gasteiger partial charge in [0.1, 0.15) is 6.04 Å². The quantitative estimate of drug-likeness (QED) is 0.801. The van der Waals surface area contributed by atoms with E-state index >= 15 is 0 Å². The normalized spacial score (nSPS) is 11.8. The van der Waals surface area contributed by atoms with E-state index in [4.69, 9.17) is 5.11 Å². The van der Waals surface area contributed by atoms with Crippen molar-refractivity contribution >= 4 is 29.3 Å². The first kappa shape index (κ1) is 16.4. The second-order valence-electron chi connectivity index (χ2n) is 4.59. The molecule has 1 amide bonds. The van der Waals surface area contributed by atoms with Crippen molar-refractivity contribution in [1.82, 2.24) is 5.32 Å². The molecule has 1 aromatic rings. The summed E-state index contributed by atoms with van der Waals surface area (Å²) >= 11 is 1.56. The smallest absolute Gasteiger partial charge is 0.326 e. The van der Waals surface area contributed by atoms with Gasteiger partial charge in [-0.15, -0.1) is 0 Å². The first-order valence-corrected chi connectivity index (χ1v) is 7.65. The minimum absolute atomic E-state index is 0.358. The number of anilines is 1. The number of hydrogen-bond acceptors (Lipinski definition) is 4. The second-order valence-corrected chi connectivity index (χ2v) is 5.57. The van der Waals surface area contributed by atoms with E-state index < -0.39 is 12.0 Å². The number of carboxylic acids is 1. The maximum atomic E-state index is 12.0. The van der Waals surface area contributed by atoms with Gasteiger partial charge in [0.25, 0.3) is 5.91 Å². The molecule has 5 nitrogen and oxygen atoms in total. The number of nitrogens with zero attached hydrogens (tertiary/aromatic N) is 1. The molecule has 110 valence electrons. The lowest BCUT2D eigenvalue weighted by Gasteiger charge is -2.15. The van der Waals surface area contributed by atoms with E-state index in [2.05, 4.69) is 5.32 Å². The Balaban J connectivity index is 2.70. The molecule has 0 aliphatic rings. The van der Waals surface area contributed by atoms with Crippen LogP contribution in [0.2, 0.25) is 0 Å². The number of carboxylic acid groups (broad SMARTS) is 1. The highest BCUT2D eigenvalue weighted by molar-refractivity contribution is 7.98. The molecule has 20 heavy (non-hydrogen) atoms. The lowest BCUT2D eigenvalue weighted by molar-refractivity contribution is -0.139. The summed E-state index contributed by atoms with van der Waals surface area (Å²) < 4.78 is 0. The van der Waals surface area contributed by atoms with Gasteiger partial charge < -0.3 is 15.3 Å². The molecule has 0 bridgehead atoms. The lowest BCUT2D eigenvalue weighted by Crippen LogP contribution is -2.41. The van der Waals surface area contributed by atoms with Gasteiger partial charge in [-0.1, -0.05) is 0 Å². The fourth-order valence-electron chi connectivity index (χ4n) is 1.65. The van der Waals surface area contributed by atoms with Gasteiger partial charge in [-0.3, -0.25) is 4.79 Å². The standard InChI is InChI=1S/C14H20N2O3S/c1-16(2)11-6-4-10(5-7-11)13(17)15-12(14(18)19)8-9-20-3/h4-7,12H,8-9H2,1-3H3,(H,15,17)(H,18,19)/t12-/m1/s1. The molecule has 0 aromatic heterocycles. The molecule has 0 fully saturated rings. The Kier molecular flexibility index (Phi) is 6.38. The number of carbonyl (C=O) groups is 2. The molecule has 1 atom stereocenters. The Labute approximate surface area is 123 Å². The van der Waals surface area contributed by atoms with Crippen molar-refractivity contribution in [1.29, 1.82) is 0 Å². The lowest BCUT2D eigenvalue weighted by atomic mass is 10.1. The highest BCUT2D eigenvalue weighted by Gasteiger charge is 2.20. The van der Waals surface area contributed by atoms with Gasteiger partial charge in [-0.2, -0.15) is 11.8 Å². The van der Waals surface area contributed by atoms with Crippen LogP contribution >= 0.6 is 11.8 Å². The molecule has 0 aliphatic heterocycles. The molecule has 0 saturated heterocycles. The molecule has 1 aromatic carbocycles. The molecular formula is C14H20N2O3S. The Morgan fingerprint density at radius 2 is 1.90 bits per heavy atom. The third kappa shape index (κ3) is 4.77. The van der Waals surface area contributed by atoms with Crippen molar-refractivity contribution in [3.8, 4) is 0 Å². The average molecular weight is 296 g/mol. The van der Waals surface area contributed by atoms with Gasteiger partial charge in [0, 0.05) is 25.3 Å². The van der Waals surface area contributed by atoms with E-state index in [0.29, 0.717) is 17.7 Å². The summed E-state index contributed by atoms with van der Waals surface area (Å²) in [6.45, 7) is 0. The summed E-state index contributed by atoms with van der Waals surface area (Å²) in [5.74, 6) is -0.669. The number of amides is 1. The average Bonchev–Trinajstić information content (AvgIpc) is 2.42. The molecule has 0 aliphatic carbocycles. The van der Waals surface area contributed by atoms with Gasteiger partial charge >= 0.3 is 5.97 Å². The van der Waals surface area contributed by atoms with E-state index in [-0.39, 0.29) is 5.91 Å². The van der Waals surface area contributed by atoms with Crippen molar-refractivity contribution in [2.24, 2.45) is 0 Å². The van der Waals surface area contributed by atoms with Crippen LogP contribution < -0.4 is 10.2 Å². The van der Waals surface area contributed by atoms with Crippen LogP contribution in [0.4, 0.5) is 5.69 Å². The van der Waals surface area contributed by atoms with E-state index in [1.54, 1.807) is 23.9 Å². The van der Waals surface area contributed by atoms with E-state index in [0.717, 1.165) is 5.69 Å². The largest absolute Gasteiger partial charge is 0.480 e. The summed E-state index contributed by atoms with van der Waals surface area (Å²) in [7, 11) is 3.83. The Bertz CT molecular complexity index is 460. The third-order valence-corrected chi connectivity index (χ3v) is 3.50. The van der Waals surface area contributed by atoms with Crippen molar-refractivity contribution in [3.63, 3.8) is 0 Å². The molecule has 2 N–H and O–H groups in total. The highest BCUT2D eigenvalue weighted by atomic mass is 32.2. The minimum Gasteiger partial charge on any atom is -0.480 e. The maximum absolute atomic E-state index is 12.0. The predicted octanol–water partition coefficient (Wildman–Crippen LogP) is 1.69. The van der Waals surface area contributed by atoms with Gasteiger partial charge in [0.05, 0.1) is 0 Å². The van der Waals surface area contributed by atoms with E-state index in [9.17, 15) is 9.59 Å². The SMILES string of the molecule is CSCC[C@@H](NC(=O)c1ccc(N(C)C)cc1)C(=O)O. The summed E-state index contributed by atoms with van der Waals surface area (Å²) in [6.07, 6.45) is 2.32. The van der Waals surface area contributed by atoms with Crippen molar-refractivity contribution < 1.29 is 14.7 Å². The van der Waals surface area contributed by atoms with Crippen molar-refractivity contribution in [2.45, 2.75) is 12.5 Å². The number of nitrogens with one attached hydrogen (secondary N) is 1.